The Kier molecular flexibility index (Phi) is 4.76. The molecular weight excluding hydrogens is 202 g/mol. The maximum Gasteiger partial charge on any atom is 0.252 e. The predicted molar refractivity (Wildman–Crippen MR) is 65.6 cm³/mol. The quantitative estimate of drug-likeness (QED) is 0.798. The smallest absolute Gasteiger partial charge is 0.252 e. The van der Waals surface area contributed by atoms with Gasteiger partial charge in [-0.05, 0) is 25.0 Å². The minimum atomic E-state index is -0.0655. The van der Waals surface area contributed by atoms with Crippen LogP contribution in [0.4, 0.5) is 5.82 Å². The summed E-state index contributed by atoms with van der Waals surface area (Å²) in [5, 5.41) is 5.93. The largest absolute Gasteiger partial charge is 0.370 e. The van der Waals surface area contributed by atoms with Crippen LogP contribution in [-0.4, -0.2) is 24.0 Å². The second-order valence-corrected chi connectivity index (χ2v) is 4.07. The number of carbonyl (C=O) groups is 1. The highest BCUT2D eigenvalue weighted by Gasteiger charge is 2.05. The van der Waals surface area contributed by atoms with E-state index in [4.69, 9.17) is 0 Å². The van der Waals surface area contributed by atoms with E-state index >= 15 is 0 Å². The highest BCUT2D eigenvalue weighted by atomic mass is 16.1. The summed E-state index contributed by atoms with van der Waals surface area (Å²) in [6.45, 7) is 7.64. The second kappa shape index (κ2) is 6.10. The molecule has 1 amide bonds. The molecule has 0 radical (unpaired) electrons. The average molecular weight is 221 g/mol. The number of aromatic nitrogens is 1. The molecule has 0 atom stereocenters. The molecule has 0 unspecified atom stereocenters. The van der Waals surface area contributed by atoms with E-state index in [1.807, 2.05) is 13.0 Å². The first-order valence-corrected chi connectivity index (χ1v) is 5.61. The van der Waals surface area contributed by atoms with E-state index in [9.17, 15) is 4.79 Å². The second-order valence-electron chi connectivity index (χ2n) is 4.07. The van der Waals surface area contributed by atoms with Gasteiger partial charge in [0.25, 0.3) is 5.91 Å². The molecule has 16 heavy (non-hydrogen) atoms. The molecule has 0 saturated carbocycles. The third kappa shape index (κ3) is 3.88. The fraction of sp³-hybridized carbons (Fsp3) is 0.500. The van der Waals surface area contributed by atoms with Gasteiger partial charge in [0.15, 0.2) is 0 Å². The lowest BCUT2D eigenvalue weighted by Crippen LogP contribution is -2.27. The van der Waals surface area contributed by atoms with Crippen molar-refractivity contribution in [1.29, 1.82) is 0 Å². The highest BCUT2D eigenvalue weighted by molar-refractivity contribution is 5.94. The maximum absolute atomic E-state index is 11.6. The first-order valence-electron chi connectivity index (χ1n) is 5.61. The Balaban J connectivity index is 2.56. The van der Waals surface area contributed by atoms with E-state index in [0.29, 0.717) is 18.0 Å². The van der Waals surface area contributed by atoms with E-state index in [2.05, 4.69) is 29.5 Å². The van der Waals surface area contributed by atoms with Gasteiger partial charge in [-0.3, -0.25) is 4.79 Å². The molecule has 1 aromatic rings. The molecule has 0 spiro atoms. The predicted octanol–water partition coefficient (Wildman–Crippen LogP) is 1.90. The van der Waals surface area contributed by atoms with Crippen molar-refractivity contribution in [3.05, 3.63) is 23.9 Å². The van der Waals surface area contributed by atoms with Gasteiger partial charge in [-0.15, -0.1) is 0 Å². The molecule has 0 aliphatic heterocycles. The molecule has 0 aromatic carbocycles. The van der Waals surface area contributed by atoms with Crippen molar-refractivity contribution in [2.24, 2.45) is 5.92 Å². The number of anilines is 1. The fourth-order valence-electron chi connectivity index (χ4n) is 1.21. The van der Waals surface area contributed by atoms with Gasteiger partial charge in [0.05, 0.1) is 5.56 Å². The van der Waals surface area contributed by atoms with Crippen LogP contribution < -0.4 is 10.6 Å². The molecule has 2 N–H and O–H groups in total. The van der Waals surface area contributed by atoms with E-state index < -0.39 is 0 Å². The lowest BCUT2D eigenvalue weighted by molar-refractivity contribution is 0.0948. The van der Waals surface area contributed by atoms with Gasteiger partial charge in [-0.1, -0.05) is 13.8 Å². The number of nitrogens with zero attached hydrogens (tertiary/aromatic N) is 1. The van der Waals surface area contributed by atoms with Crippen molar-refractivity contribution < 1.29 is 4.79 Å². The van der Waals surface area contributed by atoms with Crippen molar-refractivity contribution in [2.45, 2.75) is 20.8 Å². The van der Waals surface area contributed by atoms with Gasteiger partial charge >= 0.3 is 0 Å². The summed E-state index contributed by atoms with van der Waals surface area (Å²) < 4.78 is 0. The summed E-state index contributed by atoms with van der Waals surface area (Å²) in [7, 11) is 0. The van der Waals surface area contributed by atoms with Crippen molar-refractivity contribution in [3.8, 4) is 0 Å². The first-order chi connectivity index (χ1) is 7.63. The Morgan fingerprint density at radius 2 is 2.19 bits per heavy atom. The van der Waals surface area contributed by atoms with E-state index in [1.165, 1.54) is 0 Å². The highest BCUT2D eigenvalue weighted by Crippen LogP contribution is 2.04. The topological polar surface area (TPSA) is 54.0 Å². The standard InChI is InChI=1S/C12H19N3O/c1-4-13-11-6-5-10(8-14-11)12(16)15-7-9(2)3/h5-6,8-9H,4,7H2,1-3H3,(H,13,14)(H,15,16). The zero-order valence-corrected chi connectivity index (χ0v) is 10.1. The Labute approximate surface area is 96.5 Å². The molecule has 1 aromatic heterocycles. The van der Waals surface area contributed by atoms with Crippen LogP contribution in [0, 0.1) is 5.92 Å². The summed E-state index contributed by atoms with van der Waals surface area (Å²) in [6.07, 6.45) is 1.59. The maximum atomic E-state index is 11.6. The summed E-state index contributed by atoms with van der Waals surface area (Å²) in [5.41, 5.74) is 0.599. The molecule has 0 aliphatic rings. The van der Waals surface area contributed by atoms with Crippen LogP contribution in [0.5, 0.6) is 0 Å². The van der Waals surface area contributed by atoms with Gasteiger partial charge in [-0.25, -0.2) is 4.98 Å². The van der Waals surface area contributed by atoms with Crippen LogP contribution in [0.25, 0.3) is 0 Å². The summed E-state index contributed by atoms with van der Waals surface area (Å²) in [4.78, 5) is 15.8. The van der Waals surface area contributed by atoms with Crippen molar-refractivity contribution in [1.82, 2.24) is 10.3 Å². The van der Waals surface area contributed by atoms with Crippen LogP contribution in [0.15, 0.2) is 18.3 Å². The third-order valence-corrected chi connectivity index (χ3v) is 2.05. The minimum Gasteiger partial charge on any atom is -0.370 e. The molecule has 1 rings (SSSR count). The molecule has 0 saturated heterocycles. The van der Waals surface area contributed by atoms with Gasteiger partial charge in [0.2, 0.25) is 0 Å². The molecule has 4 nitrogen and oxygen atoms in total. The van der Waals surface area contributed by atoms with Crippen LogP contribution in [0.3, 0.4) is 0 Å². The molecule has 0 aliphatic carbocycles. The number of nitrogens with one attached hydrogen (secondary N) is 2. The Morgan fingerprint density at radius 3 is 2.69 bits per heavy atom. The Hall–Kier alpha value is -1.58. The van der Waals surface area contributed by atoms with Gasteiger partial charge in [0, 0.05) is 19.3 Å². The van der Waals surface area contributed by atoms with Gasteiger partial charge < -0.3 is 10.6 Å². The van der Waals surface area contributed by atoms with E-state index in [-0.39, 0.29) is 5.91 Å². The number of amides is 1. The number of hydrogen-bond donors (Lipinski definition) is 2. The molecule has 88 valence electrons. The molecular formula is C12H19N3O. The Morgan fingerprint density at radius 1 is 1.44 bits per heavy atom. The number of carbonyl (C=O) groups excluding carboxylic acids is 1. The zero-order valence-electron chi connectivity index (χ0n) is 10.1. The van der Waals surface area contributed by atoms with Crippen molar-refractivity contribution in [3.63, 3.8) is 0 Å². The third-order valence-electron chi connectivity index (χ3n) is 2.05. The SMILES string of the molecule is CCNc1ccc(C(=O)NCC(C)C)cn1. The van der Waals surface area contributed by atoms with Crippen LogP contribution >= 0.6 is 0 Å². The van der Waals surface area contributed by atoms with Crippen molar-refractivity contribution in [2.75, 3.05) is 18.4 Å². The van der Waals surface area contributed by atoms with Gasteiger partial charge in [-0.2, -0.15) is 0 Å². The first kappa shape index (κ1) is 12.5. The molecule has 1 heterocycles. The Bertz CT molecular complexity index is 333. The number of pyridine rings is 1. The van der Waals surface area contributed by atoms with E-state index in [1.54, 1.807) is 12.3 Å². The summed E-state index contributed by atoms with van der Waals surface area (Å²) in [6, 6.07) is 3.59. The lowest BCUT2D eigenvalue weighted by Gasteiger charge is -2.08. The summed E-state index contributed by atoms with van der Waals surface area (Å²) >= 11 is 0. The fourth-order valence-corrected chi connectivity index (χ4v) is 1.21. The normalized spacial score (nSPS) is 10.2. The number of hydrogen-bond acceptors (Lipinski definition) is 3. The monoisotopic (exact) mass is 221 g/mol. The number of rotatable bonds is 5. The molecule has 0 fully saturated rings. The summed E-state index contributed by atoms with van der Waals surface area (Å²) in [5.74, 6) is 1.19. The van der Waals surface area contributed by atoms with E-state index in [0.717, 1.165) is 12.4 Å². The lowest BCUT2D eigenvalue weighted by atomic mass is 10.2. The van der Waals surface area contributed by atoms with Crippen LogP contribution in [0.1, 0.15) is 31.1 Å². The molecule has 4 heteroatoms. The molecule has 0 bridgehead atoms. The van der Waals surface area contributed by atoms with Crippen molar-refractivity contribution >= 4 is 11.7 Å². The van der Waals surface area contributed by atoms with Crippen LogP contribution in [-0.2, 0) is 0 Å². The average Bonchev–Trinajstić information content (AvgIpc) is 2.27. The zero-order chi connectivity index (χ0) is 12.0. The minimum absolute atomic E-state index is 0.0655. The van der Waals surface area contributed by atoms with Gasteiger partial charge in [0.1, 0.15) is 5.82 Å². The van der Waals surface area contributed by atoms with Crippen LogP contribution in [0.2, 0.25) is 0 Å².